The number of fused-ring (bicyclic) bond motifs is 2. The molecule has 1 amide bonds. The Morgan fingerprint density at radius 2 is 1.96 bits per heavy atom. The quantitative estimate of drug-likeness (QED) is 0.719. The van der Waals surface area contributed by atoms with Crippen molar-refractivity contribution in [3.05, 3.63) is 17.3 Å². The maximum absolute atomic E-state index is 12.4. The highest BCUT2D eigenvalue weighted by atomic mass is 35.5. The van der Waals surface area contributed by atoms with Crippen LogP contribution in [0.5, 0.6) is 0 Å². The zero-order valence-corrected chi connectivity index (χ0v) is 16.9. The Hall–Kier alpha value is -1.73. The van der Waals surface area contributed by atoms with Gasteiger partial charge in [0.1, 0.15) is 16.6 Å². The van der Waals surface area contributed by atoms with Crippen LogP contribution in [0.1, 0.15) is 27.2 Å². The lowest BCUT2D eigenvalue weighted by molar-refractivity contribution is 0.0214. The number of morpholine rings is 1. The molecular formula is C19H27ClN4O3. The number of likely N-dealkylation sites (tertiary alicyclic amines) is 1. The van der Waals surface area contributed by atoms with Crippen molar-refractivity contribution in [1.29, 1.82) is 0 Å². The van der Waals surface area contributed by atoms with Gasteiger partial charge in [-0.3, -0.25) is 0 Å². The maximum Gasteiger partial charge on any atom is 0.410 e. The fourth-order valence-corrected chi connectivity index (χ4v) is 4.32. The zero-order valence-electron chi connectivity index (χ0n) is 16.2. The summed E-state index contributed by atoms with van der Waals surface area (Å²) in [6.07, 6.45) is 0.753. The molecule has 2 atom stereocenters. The highest BCUT2D eigenvalue weighted by molar-refractivity contribution is 6.29. The molecule has 148 valence electrons. The zero-order chi connectivity index (χ0) is 19.2. The molecule has 0 N–H and O–H groups in total. The van der Waals surface area contributed by atoms with Gasteiger partial charge in [-0.15, -0.1) is 0 Å². The first-order valence-corrected chi connectivity index (χ1v) is 9.94. The number of rotatable bonds is 2. The van der Waals surface area contributed by atoms with Crippen LogP contribution in [0.25, 0.3) is 0 Å². The van der Waals surface area contributed by atoms with Crippen molar-refractivity contribution in [2.45, 2.75) is 44.9 Å². The molecule has 0 spiro atoms. The molecule has 1 aromatic rings. The summed E-state index contributed by atoms with van der Waals surface area (Å²) in [5.74, 6) is 0.896. The normalized spacial score (nSPS) is 25.3. The van der Waals surface area contributed by atoms with Gasteiger partial charge in [0, 0.05) is 44.0 Å². The minimum Gasteiger partial charge on any atom is -0.444 e. The summed E-state index contributed by atoms with van der Waals surface area (Å²) in [5, 5.41) is 0.501. The van der Waals surface area contributed by atoms with Crippen LogP contribution in [-0.4, -0.2) is 73.1 Å². The Morgan fingerprint density at radius 1 is 1.22 bits per heavy atom. The van der Waals surface area contributed by atoms with Gasteiger partial charge in [-0.2, -0.15) is 0 Å². The summed E-state index contributed by atoms with van der Waals surface area (Å²) in [6, 6.07) is 4.50. The van der Waals surface area contributed by atoms with Crippen molar-refractivity contribution in [2.24, 2.45) is 0 Å². The minimum absolute atomic E-state index is 0.184. The lowest BCUT2D eigenvalue weighted by atomic mass is 10.2. The number of halogens is 1. The number of hydrogen-bond donors (Lipinski definition) is 0. The fraction of sp³-hybridized carbons (Fsp3) is 0.684. The van der Waals surface area contributed by atoms with Gasteiger partial charge in [0.25, 0.3) is 0 Å². The van der Waals surface area contributed by atoms with Crippen LogP contribution in [-0.2, 0) is 9.47 Å². The van der Waals surface area contributed by atoms with E-state index in [9.17, 15) is 4.79 Å². The van der Waals surface area contributed by atoms with Crippen LogP contribution >= 0.6 is 11.6 Å². The first kappa shape index (κ1) is 18.6. The first-order chi connectivity index (χ1) is 12.8. The van der Waals surface area contributed by atoms with Crippen molar-refractivity contribution in [3.8, 4) is 0 Å². The lowest BCUT2D eigenvalue weighted by Crippen LogP contribution is -2.50. The summed E-state index contributed by atoms with van der Waals surface area (Å²) in [7, 11) is 0. The van der Waals surface area contributed by atoms with E-state index in [4.69, 9.17) is 21.1 Å². The summed E-state index contributed by atoms with van der Waals surface area (Å²) < 4.78 is 11.0. The van der Waals surface area contributed by atoms with Gasteiger partial charge < -0.3 is 24.2 Å². The third-order valence-electron chi connectivity index (χ3n) is 5.30. The molecule has 3 saturated heterocycles. The Morgan fingerprint density at radius 3 is 2.59 bits per heavy atom. The second-order valence-corrected chi connectivity index (χ2v) is 8.82. The Balaban J connectivity index is 1.47. The molecule has 2 unspecified atom stereocenters. The maximum atomic E-state index is 12.4. The molecule has 7 nitrogen and oxygen atoms in total. The molecule has 0 radical (unpaired) electrons. The van der Waals surface area contributed by atoms with Crippen molar-refractivity contribution in [3.63, 3.8) is 0 Å². The van der Waals surface area contributed by atoms with Crippen molar-refractivity contribution in [1.82, 2.24) is 9.88 Å². The van der Waals surface area contributed by atoms with Crippen LogP contribution in [0.15, 0.2) is 12.1 Å². The average Bonchev–Trinajstić information content (AvgIpc) is 3.21. The SMILES string of the molecule is CC(C)(C)OC(=O)N1CC2CC1CN2c1cc(Cl)nc(N2CCOCC2)c1. The molecule has 4 rings (SSSR count). The second kappa shape index (κ2) is 7.02. The first-order valence-electron chi connectivity index (χ1n) is 9.57. The Kier molecular flexibility index (Phi) is 4.84. The van der Waals surface area contributed by atoms with Crippen molar-refractivity contribution >= 4 is 29.2 Å². The van der Waals surface area contributed by atoms with Crippen LogP contribution in [0, 0.1) is 0 Å². The molecule has 1 aromatic heterocycles. The monoisotopic (exact) mass is 394 g/mol. The predicted octanol–water partition coefficient (Wildman–Crippen LogP) is 2.77. The van der Waals surface area contributed by atoms with Gasteiger partial charge in [0.15, 0.2) is 0 Å². The predicted molar refractivity (Wildman–Crippen MR) is 105 cm³/mol. The molecular weight excluding hydrogens is 368 g/mol. The molecule has 0 saturated carbocycles. The molecule has 3 aliphatic rings. The molecule has 0 aromatic carbocycles. The molecule has 2 bridgehead atoms. The number of carbonyl (C=O) groups excluding carboxylic acids is 1. The highest BCUT2D eigenvalue weighted by Crippen LogP contribution is 2.37. The van der Waals surface area contributed by atoms with E-state index < -0.39 is 5.60 Å². The fourth-order valence-electron chi connectivity index (χ4n) is 4.12. The third-order valence-corrected chi connectivity index (χ3v) is 5.49. The Labute approximate surface area is 165 Å². The largest absolute Gasteiger partial charge is 0.444 e. The summed E-state index contributed by atoms with van der Waals surface area (Å²) in [4.78, 5) is 23.4. The molecule has 3 fully saturated rings. The van der Waals surface area contributed by atoms with Crippen molar-refractivity contribution in [2.75, 3.05) is 49.2 Å². The number of hydrogen-bond acceptors (Lipinski definition) is 6. The number of anilines is 2. The summed E-state index contributed by atoms with van der Waals surface area (Å²) in [6.45, 7) is 10.3. The highest BCUT2D eigenvalue weighted by Gasteiger charge is 2.46. The number of carbonyl (C=O) groups is 1. The van der Waals surface area contributed by atoms with Crippen LogP contribution in [0.2, 0.25) is 5.15 Å². The molecule has 4 heterocycles. The van der Waals surface area contributed by atoms with Crippen LogP contribution in [0.3, 0.4) is 0 Å². The summed E-state index contributed by atoms with van der Waals surface area (Å²) >= 11 is 6.32. The van der Waals surface area contributed by atoms with E-state index in [0.29, 0.717) is 31.0 Å². The van der Waals surface area contributed by atoms with Crippen molar-refractivity contribution < 1.29 is 14.3 Å². The Bertz CT molecular complexity index is 717. The van der Waals surface area contributed by atoms with Crippen LogP contribution < -0.4 is 9.80 Å². The van der Waals surface area contributed by atoms with Gasteiger partial charge >= 0.3 is 6.09 Å². The van der Waals surface area contributed by atoms with Gasteiger partial charge in [-0.25, -0.2) is 9.78 Å². The van der Waals surface area contributed by atoms with Gasteiger partial charge in [-0.1, -0.05) is 11.6 Å². The number of aromatic nitrogens is 1. The number of ether oxygens (including phenoxy) is 2. The van der Waals surface area contributed by atoms with E-state index >= 15 is 0 Å². The van der Waals surface area contributed by atoms with E-state index in [1.165, 1.54) is 0 Å². The summed E-state index contributed by atoms with van der Waals surface area (Å²) in [5.41, 5.74) is 0.609. The number of nitrogens with zero attached hydrogens (tertiary/aromatic N) is 4. The molecule has 3 aliphatic heterocycles. The van der Waals surface area contributed by atoms with E-state index in [-0.39, 0.29) is 12.1 Å². The topological polar surface area (TPSA) is 58.1 Å². The van der Waals surface area contributed by atoms with Gasteiger partial charge in [-0.05, 0) is 33.3 Å². The van der Waals surface area contributed by atoms with Gasteiger partial charge in [0.05, 0.1) is 19.3 Å². The molecule has 0 aliphatic carbocycles. The minimum atomic E-state index is -0.468. The lowest BCUT2D eigenvalue weighted by Gasteiger charge is -2.37. The number of pyridine rings is 1. The molecule has 27 heavy (non-hydrogen) atoms. The third kappa shape index (κ3) is 3.94. The average molecular weight is 395 g/mol. The second-order valence-electron chi connectivity index (χ2n) is 8.43. The smallest absolute Gasteiger partial charge is 0.410 e. The van der Waals surface area contributed by atoms with E-state index in [0.717, 1.165) is 37.6 Å². The number of amides is 1. The van der Waals surface area contributed by atoms with E-state index in [2.05, 4.69) is 20.9 Å². The number of piperazine rings is 1. The standard InChI is InChI=1S/C19H27ClN4O3/c1-19(2,3)27-18(25)24-12-14-8-15(24)11-23(14)13-9-16(20)21-17(10-13)22-4-6-26-7-5-22/h9-10,14-15H,4-8,11-12H2,1-3H3. The van der Waals surface area contributed by atoms with E-state index in [1.54, 1.807) is 0 Å². The van der Waals surface area contributed by atoms with E-state index in [1.807, 2.05) is 31.7 Å². The van der Waals surface area contributed by atoms with Crippen LogP contribution in [0.4, 0.5) is 16.3 Å². The van der Waals surface area contributed by atoms with Gasteiger partial charge in [0.2, 0.25) is 0 Å². The molecule has 8 heteroatoms.